The van der Waals surface area contributed by atoms with Crippen LogP contribution < -0.4 is 0 Å². The first-order valence-electron chi connectivity index (χ1n) is 3.72. The number of hydrogen-bond acceptors (Lipinski definition) is 2. The summed E-state index contributed by atoms with van der Waals surface area (Å²) in [6.45, 7) is -1.23. The molecule has 0 spiro atoms. The van der Waals surface area contributed by atoms with E-state index in [1.807, 2.05) is 0 Å². The normalized spacial score (nSPS) is 11.7. The third-order valence-electron chi connectivity index (χ3n) is 1.69. The Hall–Kier alpha value is -1.13. The predicted octanol–water partition coefficient (Wildman–Crippen LogP) is 1.89. The zero-order chi connectivity index (χ0) is 9.90. The molecule has 0 bridgehead atoms. The quantitative estimate of drug-likeness (QED) is 0.727. The van der Waals surface area contributed by atoms with Crippen molar-refractivity contribution in [2.24, 2.45) is 0 Å². The maximum atomic E-state index is 13.3. The van der Waals surface area contributed by atoms with Crippen molar-refractivity contribution >= 4 is 0 Å². The van der Waals surface area contributed by atoms with Crippen LogP contribution in [0.5, 0.6) is 0 Å². The third-order valence-corrected chi connectivity index (χ3v) is 1.69. The van der Waals surface area contributed by atoms with Gasteiger partial charge in [0.15, 0.2) is 0 Å². The van der Waals surface area contributed by atoms with Gasteiger partial charge >= 0.3 is 0 Å². The fraction of sp³-hybridized carbons (Fsp3) is 0.500. The first-order valence-corrected chi connectivity index (χ1v) is 3.72. The summed E-state index contributed by atoms with van der Waals surface area (Å²) >= 11 is 0. The van der Waals surface area contributed by atoms with Crippen LogP contribution in [0, 0.1) is 6.92 Å². The van der Waals surface area contributed by atoms with E-state index >= 15 is 0 Å². The average Bonchev–Trinajstić information content (AvgIpc) is 2.17. The maximum absolute atomic E-state index is 13.3. The van der Waals surface area contributed by atoms with E-state index in [-0.39, 0.29) is 5.69 Å². The molecule has 0 atom stereocenters. The summed E-state index contributed by atoms with van der Waals surface area (Å²) in [5, 5.41) is 0. The molecule has 1 aromatic heterocycles. The minimum Gasteiger partial charge on any atom is -0.247 e. The van der Waals surface area contributed by atoms with Crippen molar-refractivity contribution in [1.29, 1.82) is 0 Å². The SMILES string of the molecule is Cc1cc(C(F)(CF)CF)ncn1. The molecule has 0 saturated heterocycles. The summed E-state index contributed by atoms with van der Waals surface area (Å²) in [6.07, 6.45) is 1.09. The van der Waals surface area contributed by atoms with E-state index in [4.69, 9.17) is 0 Å². The number of nitrogens with zero attached hydrogens (tertiary/aromatic N) is 2. The lowest BCUT2D eigenvalue weighted by atomic mass is 10.0. The Morgan fingerprint density at radius 2 is 1.92 bits per heavy atom. The smallest absolute Gasteiger partial charge is 0.208 e. The topological polar surface area (TPSA) is 25.8 Å². The number of halogens is 3. The van der Waals surface area contributed by atoms with Gasteiger partial charge in [-0.2, -0.15) is 0 Å². The van der Waals surface area contributed by atoms with Crippen LogP contribution in [0.15, 0.2) is 12.4 Å². The molecule has 0 saturated carbocycles. The van der Waals surface area contributed by atoms with Crippen molar-refractivity contribution in [3.63, 3.8) is 0 Å². The van der Waals surface area contributed by atoms with E-state index < -0.39 is 19.0 Å². The van der Waals surface area contributed by atoms with Crippen LogP contribution in [0.3, 0.4) is 0 Å². The Bertz CT molecular complexity index is 286. The highest BCUT2D eigenvalue weighted by Crippen LogP contribution is 2.25. The molecule has 0 unspecified atom stereocenters. The molecule has 0 amide bonds. The van der Waals surface area contributed by atoms with Crippen LogP contribution in [0.1, 0.15) is 11.4 Å². The molecule has 0 aliphatic heterocycles. The van der Waals surface area contributed by atoms with Crippen molar-refractivity contribution in [3.8, 4) is 0 Å². The molecule has 0 aliphatic rings. The first kappa shape index (κ1) is 9.95. The fourth-order valence-corrected chi connectivity index (χ4v) is 0.872. The van der Waals surface area contributed by atoms with Crippen LogP contribution in [-0.4, -0.2) is 23.3 Å². The second kappa shape index (κ2) is 3.72. The molecule has 72 valence electrons. The van der Waals surface area contributed by atoms with Crippen molar-refractivity contribution in [2.45, 2.75) is 12.6 Å². The second-order valence-electron chi connectivity index (χ2n) is 2.78. The largest absolute Gasteiger partial charge is 0.247 e. The van der Waals surface area contributed by atoms with Crippen LogP contribution in [-0.2, 0) is 5.67 Å². The van der Waals surface area contributed by atoms with Crippen LogP contribution in [0.25, 0.3) is 0 Å². The van der Waals surface area contributed by atoms with Gasteiger partial charge in [0.1, 0.15) is 19.7 Å². The summed E-state index contributed by atoms with van der Waals surface area (Å²) in [5.41, 5.74) is -2.38. The summed E-state index contributed by atoms with van der Waals surface area (Å²) in [6, 6.07) is 1.24. The lowest BCUT2D eigenvalue weighted by molar-refractivity contribution is 0.0798. The number of rotatable bonds is 3. The standard InChI is InChI=1S/C8H9F3N2/c1-6-2-7(13-5-12-6)8(11,3-9)4-10/h2,5H,3-4H2,1H3. The predicted molar refractivity (Wildman–Crippen MR) is 41.5 cm³/mol. The average molecular weight is 190 g/mol. The van der Waals surface area contributed by atoms with E-state index in [2.05, 4.69) is 9.97 Å². The molecular weight excluding hydrogens is 181 g/mol. The van der Waals surface area contributed by atoms with Gasteiger partial charge in [-0.05, 0) is 13.0 Å². The van der Waals surface area contributed by atoms with Gasteiger partial charge < -0.3 is 0 Å². The van der Waals surface area contributed by atoms with E-state index in [0.29, 0.717) is 5.69 Å². The van der Waals surface area contributed by atoms with Gasteiger partial charge in [-0.15, -0.1) is 0 Å². The molecule has 0 aromatic carbocycles. The van der Waals surface area contributed by atoms with Gasteiger partial charge in [-0.3, -0.25) is 0 Å². The minimum absolute atomic E-state index is 0.245. The van der Waals surface area contributed by atoms with Gasteiger partial charge in [0.05, 0.1) is 5.69 Å². The van der Waals surface area contributed by atoms with E-state index in [0.717, 1.165) is 6.33 Å². The molecule has 1 aromatic rings. The van der Waals surface area contributed by atoms with Gasteiger partial charge in [0.2, 0.25) is 5.67 Å². The first-order chi connectivity index (χ1) is 6.12. The molecule has 13 heavy (non-hydrogen) atoms. The summed E-state index contributed by atoms with van der Waals surface area (Å²) in [5.74, 6) is 0. The van der Waals surface area contributed by atoms with E-state index in [1.165, 1.54) is 6.07 Å². The van der Waals surface area contributed by atoms with E-state index in [9.17, 15) is 13.2 Å². The number of aromatic nitrogens is 2. The number of alkyl halides is 3. The van der Waals surface area contributed by atoms with Gasteiger partial charge in [0.25, 0.3) is 0 Å². The molecule has 1 rings (SSSR count). The fourth-order valence-electron chi connectivity index (χ4n) is 0.872. The molecule has 1 heterocycles. The third kappa shape index (κ3) is 1.96. The zero-order valence-corrected chi connectivity index (χ0v) is 7.10. The zero-order valence-electron chi connectivity index (χ0n) is 7.10. The summed E-state index contributed by atoms with van der Waals surface area (Å²) < 4.78 is 37.7. The van der Waals surface area contributed by atoms with Crippen molar-refractivity contribution < 1.29 is 13.2 Å². The lowest BCUT2D eigenvalue weighted by Gasteiger charge is -2.16. The van der Waals surface area contributed by atoms with Gasteiger partial charge in [-0.1, -0.05) is 0 Å². The molecular formula is C8H9F3N2. The van der Waals surface area contributed by atoms with Gasteiger partial charge in [-0.25, -0.2) is 23.1 Å². The number of hydrogen-bond donors (Lipinski definition) is 0. The Morgan fingerprint density at radius 1 is 1.31 bits per heavy atom. The van der Waals surface area contributed by atoms with Crippen molar-refractivity contribution in [1.82, 2.24) is 9.97 Å². The monoisotopic (exact) mass is 190 g/mol. The van der Waals surface area contributed by atoms with Crippen molar-refractivity contribution in [2.75, 3.05) is 13.3 Å². The number of aryl methyl sites for hydroxylation is 1. The Morgan fingerprint density at radius 3 is 2.38 bits per heavy atom. The van der Waals surface area contributed by atoms with Crippen LogP contribution >= 0.6 is 0 Å². The minimum atomic E-state index is -2.62. The molecule has 0 N–H and O–H groups in total. The summed E-state index contributed by atoms with van der Waals surface area (Å²) in [4.78, 5) is 7.19. The second-order valence-corrected chi connectivity index (χ2v) is 2.78. The van der Waals surface area contributed by atoms with Crippen LogP contribution in [0.2, 0.25) is 0 Å². The highest BCUT2D eigenvalue weighted by atomic mass is 19.2. The van der Waals surface area contributed by atoms with Crippen LogP contribution in [0.4, 0.5) is 13.2 Å². The van der Waals surface area contributed by atoms with E-state index in [1.54, 1.807) is 6.92 Å². The molecule has 0 fully saturated rings. The molecule has 0 aliphatic carbocycles. The highest BCUT2D eigenvalue weighted by molar-refractivity contribution is 5.15. The lowest BCUT2D eigenvalue weighted by Crippen LogP contribution is -2.27. The van der Waals surface area contributed by atoms with Gasteiger partial charge in [0, 0.05) is 5.69 Å². The summed E-state index contributed by atoms with van der Waals surface area (Å²) in [7, 11) is 0. The Kier molecular flexibility index (Phi) is 2.85. The molecule has 0 radical (unpaired) electrons. The molecule has 5 heteroatoms. The maximum Gasteiger partial charge on any atom is 0.208 e. The molecule has 2 nitrogen and oxygen atoms in total. The Labute approximate surface area is 73.8 Å². The Balaban J connectivity index is 3.05. The highest BCUT2D eigenvalue weighted by Gasteiger charge is 2.34. The van der Waals surface area contributed by atoms with Crippen molar-refractivity contribution in [3.05, 3.63) is 23.8 Å².